The van der Waals surface area contributed by atoms with Crippen LogP contribution in [0.25, 0.3) is 5.52 Å². The van der Waals surface area contributed by atoms with Gasteiger partial charge in [-0.15, -0.1) is 0 Å². The van der Waals surface area contributed by atoms with Gasteiger partial charge in [-0.2, -0.15) is 0 Å². The first-order valence-electron chi connectivity index (χ1n) is 5.79. The molecule has 0 radical (unpaired) electrons. The standard InChI is InChI=1S/C15H12NOP/c1-11-7-8-16-13(9-11)10-18-15(16)14(17)12-5-3-2-4-6-12/h2-10H,1H3. The van der Waals surface area contributed by atoms with Crippen LogP contribution in [0.15, 0.2) is 54.5 Å². The quantitative estimate of drug-likeness (QED) is 0.631. The molecule has 3 aromatic rings. The van der Waals surface area contributed by atoms with Crippen LogP contribution in [0.4, 0.5) is 0 Å². The largest absolute Gasteiger partial charge is 0.310 e. The van der Waals surface area contributed by atoms with Crippen molar-refractivity contribution in [1.29, 1.82) is 0 Å². The first kappa shape index (κ1) is 11.2. The van der Waals surface area contributed by atoms with Crippen molar-refractivity contribution in [3.63, 3.8) is 0 Å². The van der Waals surface area contributed by atoms with Gasteiger partial charge in [0.15, 0.2) is 0 Å². The Balaban J connectivity index is 2.13. The Morgan fingerprint density at radius 3 is 2.72 bits per heavy atom. The second kappa shape index (κ2) is 4.40. The van der Waals surface area contributed by atoms with Gasteiger partial charge in [0.2, 0.25) is 5.78 Å². The normalized spacial score (nSPS) is 11.2. The summed E-state index contributed by atoms with van der Waals surface area (Å²) >= 11 is 0. The highest BCUT2D eigenvalue weighted by atomic mass is 31.0. The predicted molar refractivity (Wildman–Crippen MR) is 74.5 cm³/mol. The number of pyridine rings is 1. The van der Waals surface area contributed by atoms with Crippen LogP contribution in [-0.2, 0) is 0 Å². The summed E-state index contributed by atoms with van der Waals surface area (Å²) in [6.45, 7) is 2.06. The molecule has 0 bridgehead atoms. The van der Waals surface area contributed by atoms with Crippen molar-refractivity contribution in [2.75, 3.05) is 0 Å². The van der Waals surface area contributed by atoms with Gasteiger partial charge in [0.1, 0.15) is 5.43 Å². The van der Waals surface area contributed by atoms with E-state index in [-0.39, 0.29) is 5.78 Å². The molecule has 0 fully saturated rings. The van der Waals surface area contributed by atoms with Gasteiger partial charge < -0.3 is 4.40 Å². The van der Waals surface area contributed by atoms with E-state index in [1.165, 1.54) is 5.56 Å². The number of carbonyl (C=O) groups excluding carboxylic acids is 1. The summed E-state index contributed by atoms with van der Waals surface area (Å²) in [5.74, 6) is 2.17. The molecular formula is C15H12NOP. The summed E-state index contributed by atoms with van der Waals surface area (Å²) in [7, 11) is 0.966. The fourth-order valence-electron chi connectivity index (χ4n) is 2.00. The third-order valence-electron chi connectivity index (χ3n) is 2.93. The minimum atomic E-state index is 0.0983. The van der Waals surface area contributed by atoms with Gasteiger partial charge in [0.05, 0.1) is 5.52 Å². The van der Waals surface area contributed by atoms with Gasteiger partial charge in [0.25, 0.3) is 0 Å². The maximum atomic E-state index is 12.4. The Labute approximate surface area is 107 Å². The van der Waals surface area contributed by atoms with Gasteiger partial charge in [-0.1, -0.05) is 30.3 Å². The summed E-state index contributed by atoms with van der Waals surface area (Å²) in [4.78, 5) is 12.4. The van der Waals surface area contributed by atoms with E-state index in [2.05, 4.69) is 18.8 Å². The van der Waals surface area contributed by atoms with Gasteiger partial charge in [-0.25, -0.2) is 0 Å². The molecule has 2 aromatic heterocycles. The van der Waals surface area contributed by atoms with E-state index in [0.29, 0.717) is 0 Å². The van der Waals surface area contributed by atoms with E-state index < -0.39 is 0 Å². The third-order valence-corrected chi connectivity index (χ3v) is 3.98. The Hall–Kier alpha value is -1.92. The van der Waals surface area contributed by atoms with E-state index in [0.717, 1.165) is 24.7 Å². The molecule has 3 rings (SSSR count). The van der Waals surface area contributed by atoms with E-state index >= 15 is 0 Å². The lowest BCUT2D eigenvalue weighted by molar-refractivity contribution is 0.103. The van der Waals surface area contributed by atoms with Crippen LogP contribution in [0.3, 0.4) is 0 Å². The first-order chi connectivity index (χ1) is 8.75. The molecule has 0 amide bonds. The Kier molecular flexibility index (Phi) is 2.73. The molecule has 88 valence electrons. The lowest BCUT2D eigenvalue weighted by Crippen LogP contribution is -2.03. The molecule has 0 atom stereocenters. The highest BCUT2D eigenvalue weighted by Gasteiger charge is 2.13. The second-order valence-corrected chi connectivity index (χ2v) is 5.22. The van der Waals surface area contributed by atoms with Gasteiger partial charge >= 0.3 is 0 Å². The van der Waals surface area contributed by atoms with E-state index in [4.69, 9.17) is 0 Å². The SMILES string of the molecule is Cc1ccn2c(C(=O)c3ccccc3)pcc2c1. The maximum absolute atomic E-state index is 12.4. The lowest BCUT2D eigenvalue weighted by atomic mass is 10.1. The number of aromatic nitrogens is 1. The molecule has 2 nitrogen and oxygen atoms in total. The Bertz CT molecular complexity index is 716. The molecule has 0 aliphatic heterocycles. The summed E-state index contributed by atoms with van der Waals surface area (Å²) in [6, 6.07) is 13.5. The number of ketones is 1. The number of benzene rings is 1. The summed E-state index contributed by atoms with van der Waals surface area (Å²) in [6.07, 6.45) is 1.97. The molecule has 0 aliphatic carbocycles. The van der Waals surface area contributed by atoms with Crippen LogP contribution in [0.1, 0.15) is 21.3 Å². The van der Waals surface area contributed by atoms with Crippen LogP contribution < -0.4 is 0 Å². The number of nitrogens with zero attached hydrogens (tertiary/aromatic N) is 1. The van der Waals surface area contributed by atoms with Crippen LogP contribution in [0.2, 0.25) is 0 Å². The predicted octanol–water partition coefficient (Wildman–Crippen LogP) is 4.06. The lowest BCUT2D eigenvalue weighted by Gasteiger charge is -2.02. The van der Waals surface area contributed by atoms with Crippen LogP contribution in [0, 0.1) is 6.92 Å². The Morgan fingerprint density at radius 1 is 1.17 bits per heavy atom. The zero-order valence-corrected chi connectivity index (χ0v) is 10.9. The number of rotatable bonds is 2. The van der Waals surface area contributed by atoms with Crippen LogP contribution in [-0.4, -0.2) is 10.2 Å². The van der Waals surface area contributed by atoms with E-state index in [9.17, 15) is 4.79 Å². The number of carbonyl (C=O) groups is 1. The zero-order chi connectivity index (χ0) is 12.5. The maximum Gasteiger partial charge on any atom is 0.214 e. The van der Waals surface area contributed by atoms with E-state index in [1.54, 1.807) is 0 Å². The van der Waals surface area contributed by atoms with Crippen molar-refractivity contribution in [2.45, 2.75) is 6.92 Å². The molecular weight excluding hydrogens is 241 g/mol. The van der Waals surface area contributed by atoms with Crippen LogP contribution >= 0.6 is 8.19 Å². The fourth-order valence-corrected chi connectivity index (χ4v) is 3.00. The number of aryl methyl sites for hydroxylation is 1. The topological polar surface area (TPSA) is 21.5 Å². The molecule has 2 heterocycles. The average Bonchev–Trinajstić information content (AvgIpc) is 2.81. The molecule has 0 unspecified atom stereocenters. The highest BCUT2D eigenvalue weighted by molar-refractivity contribution is 7.32. The molecule has 3 heteroatoms. The van der Waals surface area contributed by atoms with Crippen molar-refractivity contribution in [3.8, 4) is 0 Å². The molecule has 0 spiro atoms. The van der Waals surface area contributed by atoms with Crippen molar-refractivity contribution < 1.29 is 4.79 Å². The summed E-state index contributed by atoms with van der Waals surface area (Å²) in [5.41, 5.74) is 3.85. The fraction of sp³-hybridized carbons (Fsp3) is 0.0667. The minimum Gasteiger partial charge on any atom is -0.310 e. The molecule has 0 saturated carbocycles. The third kappa shape index (κ3) is 1.85. The van der Waals surface area contributed by atoms with Gasteiger partial charge in [-0.05, 0) is 38.6 Å². The highest BCUT2D eigenvalue weighted by Crippen LogP contribution is 2.24. The van der Waals surface area contributed by atoms with Crippen molar-refractivity contribution in [3.05, 3.63) is 71.0 Å². The van der Waals surface area contributed by atoms with Gasteiger partial charge in [0, 0.05) is 11.8 Å². The summed E-state index contributed by atoms with van der Waals surface area (Å²) in [5, 5.41) is 0. The van der Waals surface area contributed by atoms with Gasteiger partial charge in [-0.3, -0.25) is 4.79 Å². The Morgan fingerprint density at radius 2 is 1.94 bits per heavy atom. The zero-order valence-electron chi connectivity index (χ0n) is 10.00. The smallest absolute Gasteiger partial charge is 0.214 e. The van der Waals surface area contributed by atoms with Crippen LogP contribution in [0.5, 0.6) is 0 Å². The monoisotopic (exact) mass is 253 g/mol. The molecule has 0 aliphatic rings. The minimum absolute atomic E-state index is 0.0983. The van der Waals surface area contributed by atoms with Crippen molar-refractivity contribution >= 4 is 19.5 Å². The van der Waals surface area contributed by atoms with E-state index in [1.807, 2.05) is 47.0 Å². The number of hydrogen-bond acceptors (Lipinski definition) is 1. The number of hydrogen-bond donors (Lipinski definition) is 0. The molecule has 0 saturated heterocycles. The molecule has 18 heavy (non-hydrogen) atoms. The number of fused-ring (bicyclic) bond motifs is 1. The summed E-state index contributed by atoms with van der Waals surface area (Å²) < 4.78 is 1.98. The second-order valence-electron chi connectivity index (χ2n) is 4.28. The molecule has 1 aromatic carbocycles. The van der Waals surface area contributed by atoms with Crippen molar-refractivity contribution in [1.82, 2.24) is 4.40 Å². The first-order valence-corrected chi connectivity index (χ1v) is 6.75. The molecule has 0 N–H and O–H groups in total. The average molecular weight is 253 g/mol. The van der Waals surface area contributed by atoms with Crippen molar-refractivity contribution in [2.24, 2.45) is 0 Å².